The zero-order valence-electron chi connectivity index (χ0n) is 11.4. The third kappa shape index (κ3) is 2.20. The van der Waals surface area contributed by atoms with Gasteiger partial charge in [0.05, 0.1) is 16.8 Å². The van der Waals surface area contributed by atoms with Crippen molar-refractivity contribution >= 4 is 22.6 Å². The molecule has 1 aliphatic rings. The topological polar surface area (TPSA) is 56.7 Å². The highest BCUT2D eigenvalue weighted by Gasteiger charge is 2.19. The molecular formula is C15H17N3O2. The molecule has 1 N–H and O–H groups in total. The summed E-state index contributed by atoms with van der Waals surface area (Å²) in [6.45, 7) is 3.90. The largest absolute Gasteiger partial charge is 0.478 e. The van der Waals surface area contributed by atoms with Crippen molar-refractivity contribution in [1.29, 1.82) is 0 Å². The van der Waals surface area contributed by atoms with Crippen LogP contribution < -0.4 is 4.90 Å². The fourth-order valence-electron chi connectivity index (χ4n) is 2.65. The number of anilines is 1. The van der Waals surface area contributed by atoms with E-state index < -0.39 is 5.97 Å². The Kier molecular flexibility index (Phi) is 3.28. The van der Waals surface area contributed by atoms with Crippen molar-refractivity contribution in [2.75, 3.05) is 38.1 Å². The summed E-state index contributed by atoms with van der Waals surface area (Å²) in [5, 5.41) is 9.98. The van der Waals surface area contributed by atoms with Gasteiger partial charge in [0.1, 0.15) is 0 Å². The molecule has 1 aromatic carbocycles. The van der Waals surface area contributed by atoms with Gasteiger partial charge in [-0.05, 0) is 25.2 Å². The third-order valence-corrected chi connectivity index (χ3v) is 3.82. The van der Waals surface area contributed by atoms with Crippen LogP contribution in [-0.2, 0) is 0 Å². The first-order valence-corrected chi connectivity index (χ1v) is 6.71. The standard InChI is InChI=1S/C15H17N3O2/c1-17-7-9-18(10-8-17)13-5-4-12(15(19)20)11-3-2-6-16-14(11)13/h2-6H,7-10H2,1H3,(H,19,20). The summed E-state index contributed by atoms with van der Waals surface area (Å²) in [5.41, 5.74) is 2.11. The van der Waals surface area contributed by atoms with Crippen LogP contribution in [0.3, 0.4) is 0 Å². The summed E-state index contributed by atoms with van der Waals surface area (Å²) in [5.74, 6) is -0.909. The highest BCUT2D eigenvalue weighted by atomic mass is 16.4. The second kappa shape index (κ2) is 5.09. The molecule has 5 nitrogen and oxygen atoms in total. The van der Waals surface area contributed by atoms with Crippen LogP contribution in [-0.4, -0.2) is 54.2 Å². The molecular weight excluding hydrogens is 254 g/mol. The molecule has 1 aromatic heterocycles. The van der Waals surface area contributed by atoms with E-state index in [1.165, 1.54) is 0 Å². The Hall–Kier alpha value is -2.14. The van der Waals surface area contributed by atoms with Gasteiger partial charge in [0, 0.05) is 37.8 Å². The van der Waals surface area contributed by atoms with Crippen molar-refractivity contribution in [2.45, 2.75) is 0 Å². The van der Waals surface area contributed by atoms with Gasteiger partial charge in [-0.25, -0.2) is 4.79 Å². The number of carboxylic acid groups (broad SMARTS) is 1. The van der Waals surface area contributed by atoms with E-state index in [2.05, 4.69) is 21.8 Å². The summed E-state index contributed by atoms with van der Waals surface area (Å²) in [6, 6.07) is 7.16. The Bertz CT molecular complexity index is 649. The van der Waals surface area contributed by atoms with Crippen LogP contribution in [0.5, 0.6) is 0 Å². The molecule has 2 heterocycles. The molecule has 20 heavy (non-hydrogen) atoms. The van der Waals surface area contributed by atoms with Gasteiger partial charge < -0.3 is 14.9 Å². The fourth-order valence-corrected chi connectivity index (χ4v) is 2.65. The number of benzene rings is 1. The Morgan fingerprint density at radius 3 is 2.65 bits per heavy atom. The van der Waals surface area contributed by atoms with Crippen molar-refractivity contribution in [3.63, 3.8) is 0 Å². The van der Waals surface area contributed by atoms with E-state index >= 15 is 0 Å². The van der Waals surface area contributed by atoms with E-state index in [9.17, 15) is 9.90 Å². The van der Waals surface area contributed by atoms with Gasteiger partial charge in [-0.2, -0.15) is 0 Å². The predicted molar refractivity (Wildman–Crippen MR) is 78.4 cm³/mol. The molecule has 0 amide bonds. The zero-order valence-corrected chi connectivity index (χ0v) is 11.4. The Labute approximate surface area is 117 Å². The number of hydrogen-bond donors (Lipinski definition) is 1. The Morgan fingerprint density at radius 1 is 1.20 bits per heavy atom. The lowest BCUT2D eigenvalue weighted by atomic mass is 10.1. The molecule has 0 radical (unpaired) electrons. The maximum Gasteiger partial charge on any atom is 0.336 e. The van der Waals surface area contributed by atoms with Gasteiger partial charge in [-0.1, -0.05) is 6.07 Å². The number of aromatic nitrogens is 1. The minimum absolute atomic E-state index is 0.311. The number of piperazine rings is 1. The molecule has 1 fully saturated rings. The van der Waals surface area contributed by atoms with Gasteiger partial charge >= 0.3 is 5.97 Å². The summed E-state index contributed by atoms with van der Waals surface area (Å²) in [4.78, 5) is 20.3. The SMILES string of the molecule is CN1CCN(c2ccc(C(=O)O)c3cccnc23)CC1. The average molecular weight is 271 g/mol. The van der Waals surface area contributed by atoms with Crippen molar-refractivity contribution in [2.24, 2.45) is 0 Å². The average Bonchev–Trinajstić information content (AvgIpc) is 2.47. The lowest BCUT2D eigenvalue weighted by molar-refractivity contribution is 0.0699. The number of nitrogens with zero attached hydrogens (tertiary/aromatic N) is 3. The summed E-state index contributed by atoms with van der Waals surface area (Å²) in [6.07, 6.45) is 1.72. The molecule has 2 aromatic rings. The maximum absolute atomic E-state index is 11.3. The number of carboxylic acids is 1. The molecule has 0 unspecified atom stereocenters. The second-order valence-electron chi connectivity index (χ2n) is 5.13. The van der Waals surface area contributed by atoms with Gasteiger partial charge in [0.25, 0.3) is 0 Å². The highest BCUT2D eigenvalue weighted by Crippen LogP contribution is 2.28. The molecule has 0 aliphatic carbocycles. The van der Waals surface area contributed by atoms with E-state index in [0.29, 0.717) is 10.9 Å². The number of fused-ring (bicyclic) bond motifs is 1. The number of likely N-dealkylation sites (N-methyl/N-ethyl adjacent to an activating group) is 1. The van der Waals surface area contributed by atoms with E-state index in [4.69, 9.17) is 0 Å². The molecule has 104 valence electrons. The third-order valence-electron chi connectivity index (χ3n) is 3.82. The predicted octanol–water partition coefficient (Wildman–Crippen LogP) is 1.68. The molecule has 0 spiro atoms. The molecule has 0 saturated carbocycles. The summed E-state index contributed by atoms with van der Waals surface area (Å²) >= 11 is 0. The normalized spacial score (nSPS) is 16.6. The van der Waals surface area contributed by atoms with E-state index in [-0.39, 0.29) is 0 Å². The van der Waals surface area contributed by atoms with Gasteiger partial charge in [-0.3, -0.25) is 4.98 Å². The van der Waals surface area contributed by atoms with Crippen LogP contribution in [0.15, 0.2) is 30.5 Å². The van der Waals surface area contributed by atoms with Crippen molar-refractivity contribution in [1.82, 2.24) is 9.88 Å². The molecule has 1 saturated heterocycles. The summed E-state index contributed by atoms with van der Waals surface area (Å²) in [7, 11) is 2.11. The molecule has 3 rings (SSSR count). The quantitative estimate of drug-likeness (QED) is 0.900. The fraction of sp³-hybridized carbons (Fsp3) is 0.333. The smallest absolute Gasteiger partial charge is 0.336 e. The lowest BCUT2D eigenvalue weighted by Gasteiger charge is -2.34. The van der Waals surface area contributed by atoms with Crippen molar-refractivity contribution < 1.29 is 9.90 Å². The summed E-state index contributed by atoms with van der Waals surface area (Å²) < 4.78 is 0. The molecule has 1 aliphatic heterocycles. The Morgan fingerprint density at radius 2 is 1.95 bits per heavy atom. The monoisotopic (exact) mass is 271 g/mol. The number of pyridine rings is 1. The number of carbonyl (C=O) groups is 1. The maximum atomic E-state index is 11.3. The van der Waals surface area contributed by atoms with E-state index in [1.54, 1.807) is 18.3 Å². The van der Waals surface area contributed by atoms with E-state index in [1.807, 2.05) is 12.1 Å². The minimum Gasteiger partial charge on any atom is -0.478 e. The highest BCUT2D eigenvalue weighted by molar-refractivity contribution is 6.06. The minimum atomic E-state index is -0.909. The first kappa shape index (κ1) is 12.9. The van der Waals surface area contributed by atoms with Crippen LogP contribution in [0.4, 0.5) is 5.69 Å². The second-order valence-corrected chi connectivity index (χ2v) is 5.13. The van der Waals surface area contributed by atoms with Crippen LogP contribution >= 0.6 is 0 Å². The van der Waals surface area contributed by atoms with Crippen LogP contribution in [0.2, 0.25) is 0 Å². The van der Waals surface area contributed by atoms with Crippen LogP contribution in [0.25, 0.3) is 10.9 Å². The molecule has 0 atom stereocenters. The first-order valence-electron chi connectivity index (χ1n) is 6.71. The zero-order chi connectivity index (χ0) is 14.1. The van der Waals surface area contributed by atoms with Gasteiger partial charge in [0.15, 0.2) is 0 Å². The van der Waals surface area contributed by atoms with Crippen LogP contribution in [0, 0.1) is 0 Å². The van der Waals surface area contributed by atoms with E-state index in [0.717, 1.165) is 37.4 Å². The first-order chi connectivity index (χ1) is 9.66. The molecule has 0 bridgehead atoms. The number of aromatic carboxylic acids is 1. The van der Waals surface area contributed by atoms with Crippen LogP contribution in [0.1, 0.15) is 10.4 Å². The van der Waals surface area contributed by atoms with Gasteiger partial charge in [0.2, 0.25) is 0 Å². The Balaban J connectivity index is 2.08. The molecule has 5 heteroatoms. The van der Waals surface area contributed by atoms with Crippen molar-refractivity contribution in [3.05, 3.63) is 36.0 Å². The number of hydrogen-bond acceptors (Lipinski definition) is 4. The van der Waals surface area contributed by atoms with Crippen molar-refractivity contribution in [3.8, 4) is 0 Å². The van der Waals surface area contributed by atoms with Gasteiger partial charge in [-0.15, -0.1) is 0 Å². The lowest BCUT2D eigenvalue weighted by Crippen LogP contribution is -2.44. The number of rotatable bonds is 2.